The number of aromatic nitrogens is 1. The van der Waals surface area contributed by atoms with E-state index in [0.29, 0.717) is 16.8 Å². The molecule has 1 N–H and O–H groups in total. The third-order valence-corrected chi connectivity index (χ3v) is 10.9. The molecular formula is C34H37F3GeIrNO2-. The first-order valence-electron chi connectivity index (χ1n) is 13.4. The molecule has 4 aromatic rings. The molecule has 0 aliphatic carbocycles. The zero-order chi connectivity index (χ0) is 30.8. The van der Waals surface area contributed by atoms with Crippen LogP contribution in [0.4, 0.5) is 13.2 Å². The number of benzene rings is 3. The topological polar surface area (TPSA) is 50.2 Å². The summed E-state index contributed by atoms with van der Waals surface area (Å²) < 4.78 is 43.0. The minimum absolute atomic E-state index is 0. The number of hydrogen-bond donors (Lipinski definition) is 1. The summed E-state index contributed by atoms with van der Waals surface area (Å²) in [6, 6.07) is 22.5. The molecule has 0 saturated heterocycles. The van der Waals surface area contributed by atoms with Gasteiger partial charge in [0.1, 0.15) is 0 Å². The van der Waals surface area contributed by atoms with E-state index in [2.05, 4.69) is 55.2 Å². The van der Waals surface area contributed by atoms with Gasteiger partial charge in [-0.3, -0.25) is 4.79 Å². The molecule has 0 saturated carbocycles. The van der Waals surface area contributed by atoms with Gasteiger partial charge in [0.25, 0.3) is 0 Å². The van der Waals surface area contributed by atoms with Crippen molar-refractivity contribution < 1.29 is 43.2 Å². The Kier molecular flexibility index (Phi) is 11.6. The number of carbonyl (C=O) groups is 1. The molecule has 0 spiro atoms. The van der Waals surface area contributed by atoms with Gasteiger partial charge in [-0.1, -0.05) is 6.07 Å². The van der Waals surface area contributed by atoms with Crippen molar-refractivity contribution in [2.24, 2.45) is 0 Å². The number of fused-ring (bicyclic) bond motifs is 1. The van der Waals surface area contributed by atoms with Gasteiger partial charge in [0, 0.05) is 26.2 Å². The first-order valence-corrected chi connectivity index (χ1v) is 20.7. The number of halogens is 3. The largest absolute Gasteiger partial charge is 0 e. The maximum Gasteiger partial charge on any atom is 0 e. The van der Waals surface area contributed by atoms with Crippen LogP contribution >= 0.6 is 0 Å². The Morgan fingerprint density at radius 1 is 0.929 bits per heavy atom. The van der Waals surface area contributed by atoms with E-state index in [1.54, 1.807) is 6.07 Å². The Morgan fingerprint density at radius 3 is 2.00 bits per heavy atom. The van der Waals surface area contributed by atoms with E-state index in [-0.39, 0.29) is 42.6 Å². The molecule has 0 aliphatic heterocycles. The third kappa shape index (κ3) is 9.13. The number of pyridine rings is 1. The van der Waals surface area contributed by atoms with Gasteiger partial charge in [0.15, 0.2) is 5.78 Å². The van der Waals surface area contributed by atoms with Crippen molar-refractivity contribution >= 4 is 34.2 Å². The molecule has 0 unspecified atom stereocenters. The zero-order valence-corrected chi connectivity index (χ0v) is 29.7. The van der Waals surface area contributed by atoms with Gasteiger partial charge < -0.3 is 5.11 Å². The number of ketones is 1. The molecule has 3 nitrogen and oxygen atoms in total. The Balaban J connectivity index is 0.000000687. The van der Waals surface area contributed by atoms with Crippen LogP contribution in [0.15, 0.2) is 78.7 Å². The van der Waals surface area contributed by atoms with Crippen LogP contribution in [-0.4, -0.2) is 29.1 Å². The zero-order valence-electron chi connectivity index (χ0n) is 25.2. The molecule has 225 valence electrons. The fraction of sp³-hybridized carbons (Fsp3) is 0.294. The van der Waals surface area contributed by atoms with Crippen LogP contribution in [-0.2, 0) is 36.5 Å². The summed E-state index contributed by atoms with van der Waals surface area (Å²) in [5.74, 6) is 6.74. The first kappa shape index (κ1) is 35.5. The summed E-state index contributed by atoms with van der Waals surface area (Å²) in [5, 5.41) is 10.4. The number of nitrogens with zero attached hydrogens (tertiary/aromatic N) is 1. The molecule has 3 aromatic carbocycles. The smallest absolute Gasteiger partial charge is 0 e. The number of aliphatic hydroxyl groups excluding tert-OH is 1. The maximum atomic E-state index is 13.9. The SMILES string of the molecule is CC(=O)/C=C(/C)O.CC(C)(C)c1cc(-c2cc(-c3cc[c]([Ge]([CH3])([CH3])[CH3])cc3)c(C(F)(F)F)cn2)[c-]c2ccccc12.[Ir]. The van der Waals surface area contributed by atoms with Crippen LogP contribution in [0.1, 0.15) is 45.7 Å². The second-order valence-corrected chi connectivity index (χ2v) is 22.9. The van der Waals surface area contributed by atoms with Crippen LogP contribution in [0.5, 0.6) is 0 Å². The first-order chi connectivity index (χ1) is 18.9. The van der Waals surface area contributed by atoms with Gasteiger partial charge in [0.05, 0.1) is 5.76 Å². The third-order valence-electron chi connectivity index (χ3n) is 6.54. The fourth-order valence-electron chi connectivity index (χ4n) is 4.50. The molecule has 0 atom stereocenters. The summed E-state index contributed by atoms with van der Waals surface area (Å²) in [7, 11) is 0. The minimum Gasteiger partial charge on any atom is 0 e. The molecule has 0 aliphatic rings. The van der Waals surface area contributed by atoms with Gasteiger partial charge in [0.2, 0.25) is 0 Å². The van der Waals surface area contributed by atoms with E-state index in [1.165, 1.54) is 24.3 Å². The molecule has 1 heterocycles. The second-order valence-electron chi connectivity index (χ2n) is 12.2. The number of hydrogen-bond acceptors (Lipinski definition) is 3. The van der Waals surface area contributed by atoms with Gasteiger partial charge in [-0.15, -0.1) is 0 Å². The Labute approximate surface area is 263 Å². The molecule has 1 radical (unpaired) electrons. The molecule has 0 fully saturated rings. The van der Waals surface area contributed by atoms with Crippen LogP contribution in [0.2, 0.25) is 17.3 Å². The van der Waals surface area contributed by atoms with Crippen molar-refractivity contribution in [2.75, 3.05) is 0 Å². The quantitative estimate of drug-likeness (QED) is 0.0969. The monoisotopic (exact) mass is 815 g/mol. The van der Waals surface area contributed by atoms with Crippen molar-refractivity contribution in [2.45, 2.75) is 63.5 Å². The molecule has 42 heavy (non-hydrogen) atoms. The number of carbonyl (C=O) groups excluding carboxylic acids is 1. The van der Waals surface area contributed by atoms with Gasteiger partial charge in [-0.25, -0.2) is 0 Å². The Hall–Kier alpha value is -2.74. The summed E-state index contributed by atoms with van der Waals surface area (Å²) in [4.78, 5) is 14.3. The minimum atomic E-state index is -4.49. The average molecular weight is 813 g/mol. The Morgan fingerprint density at radius 2 is 1.52 bits per heavy atom. The number of rotatable bonds is 4. The van der Waals surface area contributed by atoms with Crippen molar-refractivity contribution in [1.82, 2.24) is 4.98 Å². The predicted molar refractivity (Wildman–Crippen MR) is 165 cm³/mol. The van der Waals surface area contributed by atoms with E-state index < -0.39 is 25.0 Å². The van der Waals surface area contributed by atoms with Crippen LogP contribution < -0.4 is 4.40 Å². The molecule has 4 rings (SSSR count). The normalized spacial score (nSPS) is 12.3. The maximum absolute atomic E-state index is 13.9. The van der Waals surface area contributed by atoms with Crippen LogP contribution in [0.3, 0.4) is 0 Å². The van der Waals surface area contributed by atoms with Crippen LogP contribution in [0.25, 0.3) is 33.2 Å². The van der Waals surface area contributed by atoms with Crippen molar-refractivity contribution in [3.63, 3.8) is 0 Å². The Bertz CT molecular complexity index is 1580. The summed E-state index contributed by atoms with van der Waals surface area (Å²) in [6.45, 7) is 9.24. The van der Waals surface area contributed by atoms with Gasteiger partial charge >= 0.3 is 197 Å². The van der Waals surface area contributed by atoms with E-state index in [1.807, 2.05) is 48.5 Å². The van der Waals surface area contributed by atoms with E-state index in [0.717, 1.165) is 22.5 Å². The van der Waals surface area contributed by atoms with Crippen molar-refractivity contribution in [3.8, 4) is 22.4 Å². The molecule has 0 amide bonds. The molecule has 8 heteroatoms. The predicted octanol–water partition coefficient (Wildman–Crippen LogP) is 9.27. The fourth-order valence-corrected chi connectivity index (χ4v) is 6.95. The molecule has 0 bridgehead atoms. The summed E-state index contributed by atoms with van der Waals surface area (Å²) in [5.41, 5.74) is 2.11. The van der Waals surface area contributed by atoms with E-state index in [9.17, 15) is 18.0 Å². The summed E-state index contributed by atoms with van der Waals surface area (Å²) in [6.07, 6.45) is -2.37. The van der Waals surface area contributed by atoms with Gasteiger partial charge in [-0.2, -0.15) is 0 Å². The van der Waals surface area contributed by atoms with Crippen molar-refractivity contribution in [3.05, 3.63) is 95.9 Å². The van der Waals surface area contributed by atoms with E-state index >= 15 is 0 Å². The van der Waals surface area contributed by atoms with Crippen LogP contribution in [0, 0.1) is 6.07 Å². The van der Waals surface area contributed by atoms with Gasteiger partial charge in [-0.05, 0) is 13.8 Å². The average Bonchev–Trinajstić information content (AvgIpc) is 2.85. The summed E-state index contributed by atoms with van der Waals surface area (Å²) >= 11 is -2.08. The van der Waals surface area contributed by atoms with E-state index in [4.69, 9.17) is 5.11 Å². The number of allylic oxidation sites excluding steroid dienone is 2. The van der Waals surface area contributed by atoms with Crippen molar-refractivity contribution in [1.29, 1.82) is 0 Å². The number of alkyl halides is 3. The molecular weight excluding hydrogens is 776 g/mol. The molecule has 1 aromatic heterocycles. The second kappa shape index (κ2) is 13.7. The standard InChI is InChI=1S/C29H29F3GeN.C5H8O2.Ir/c1-28(2,3)25-16-21(15-20-9-7-8-10-23(20)25)27-17-24(26(18-34-27)29(30,31)32)19-11-13-22(14-12-19)33(4,5)6;1-4(6)3-5(2)7;/h7-14,16-18H,1-6H3;3,6H,1-2H3;/q-1;;/b;4-3-;. The number of aliphatic hydroxyl groups is 1.